The van der Waals surface area contributed by atoms with E-state index in [-0.39, 0.29) is 0 Å². The number of sulfonamides is 1. The first kappa shape index (κ1) is 21.3. The van der Waals surface area contributed by atoms with Crippen molar-refractivity contribution in [3.8, 4) is 0 Å². The van der Waals surface area contributed by atoms with Crippen molar-refractivity contribution in [2.45, 2.75) is 46.1 Å². The number of halogens is 1. The summed E-state index contributed by atoms with van der Waals surface area (Å²) in [6, 6.07) is 7.82. The second-order valence-corrected chi connectivity index (χ2v) is 10.0. The van der Waals surface area contributed by atoms with Gasteiger partial charge in [-0.3, -0.25) is 4.90 Å². The van der Waals surface area contributed by atoms with Crippen molar-refractivity contribution in [1.82, 2.24) is 9.21 Å². The van der Waals surface area contributed by atoms with Crippen LogP contribution in [0, 0.1) is 34.6 Å². The third-order valence-electron chi connectivity index (χ3n) is 6.21. The molecule has 0 spiro atoms. The van der Waals surface area contributed by atoms with Gasteiger partial charge >= 0.3 is 0 Å². The van der Waals surface area contributed by atoms with Crippen LogP contribution in [0.1, 0.15) is 33.4 Å². The minimum atomic E-state index is -3.51. The molecule has 0 radical (unpaired) electrons. The van der Waals surface area contributed by atoms with E-state index < -0.39 is 10.0 Å². The lowest BCUT2D eigenvalue weighted by atomic mass is 9.95. The lowest BCUT2D eigenvalue weighted by Gasteiger charge is -2.35. The summed E-state index contributed by atoms with van der Waals surface area (Å²) in [6.07, 6.45) is 0. The normalized spacial score (nSPS) is 16.5. The van der Waals surface area contributed by atoms with Crippen LogP contribution in [0.5, 0.6) is 0 Å². The number of rotatable bonds is 4. The zero-order valence-electron chi connectivity index (χ0n) is 17.3. The zero-order chi connectivity index (χ0) is 20.6. The Morgan fingerprint density at radius 1 is 0.821 bits per heavy atom. The predicted octanol–water partition coefficient (Wildman–Crippen LogP) is 4.39. The van der Waals surface area contributed by atoms with E-state index in [4.69, 9.17) is 11.6 Å². The highest BCUT2D eigenvalue weighted by molar-refractivity contribution is 7.89. The molecule has 1 aliphatic rings. The first-order valence-corrected chi connectivity index (χ1v) is 11.5. The van der Waals surface area contributed by atoms with Gasteiger partial charge in [-0.15, -0.1) is 0 Å². The number of benzene rings is 2. The molecule has 2 aromatic rings. The minimum Gasteiger partial charge on any atom is -0.296 e. The summed E-state index contributed by atoms with van der Waals surface area (Å²) in [5.74, 6) is 0. The lowest BCUT2D eigenvalue weighted by molar-refractivity contribution is 0.181. The number of hydrogen-bond donors (Lipinski definition) is 0. The summed E-state index contributed by atoms with van der Waals surface area (Å²) < 4.78 is 28.5. The molecule has 0 bridgehead atoms. The smallest absolute Gasteiger partial charge is 0.243 e. The second kappa shape index (κ2) is 8.15. The molecule has 4 nitrogen and oxygen atoms in total. The third kappa shape index (κ3) is 3.86. The van der Waals surface area contributed by atoms with Gasteiger partial charge in [-0.25, -0.2) is 8.42 Å². The fourth-order valence-corrected chi connectivity index (χ4v) is 6.15. The molecule has 0 amide bonds. The van der Waals surface area contributed by atoms with Gasteiger partial charge < -0.3 is 0 Å². The van der Waals surface area contributed by atoms with Crippen molar-refractivity contribution in [2.75, 3.05) is 26.2 Å². The molecular formula is C22H29ClN2O2S. The Labute approximate surface area is 174 Å². The molecule has 1 heterocycles. The highest BCUT2D eigenvalue weighted by Crippen LogP contribution is 2.32. The quantitative estimate of drug-likeness (QED) is 0.736. The van der Waals surface area contributed by atoms with Gasteiger partial charge in [0.25, 0.3) is 0 Å². The van der Waals surface area contributed by atoms with Gasteiger partial charge in [0, 0.05) is 37.7 Å². The molecule has 28 heavy (non-hydrogen) atoms. The fourth-order valence-electron chi connectivity index (χ4n) is 3.98. The maximum atomic E-state index is 13.5. The number of nitrogens with zero attached hydrogens (tertiary/aromatic N) is 2. The van der Waals surface area contributed by atoms with E-state index in [0.717, 1.165) is 39.4 Å². The average molecular weight is 421 g/mol. The standard InChI is InChI=1S/C22H29ClN2O2S/c1-15-16(2)18(4)22(19(5)17(15)3)28(26,27)25-12-10-24(11-13-25)14-20-8-6-7-9-21(20)23/h6-9H,10-14H2,1-5H3. The SMILES string of the molecule is Cc1c(C)c(C)c(S(=O)(=O)N2CCN(Cc3ccccc3Cl)CC2)c(C)c1C. The van der Waals surface area contributed by atoms with Crippen LogP contribution in [0.15, 0.2) is 29.2 Å². The van der Waals surface area contributed by atoms with Crippen LogP contribution in [0.25, 0.3) is 0 Å². The van der Waals surface area contributed by atoms with E-state index in [1.165, 1.54) is 5.56 Å². The largest absolute Gasteiger partial charge is 0.296 e. The predicted molar refractivity (Wildman–Crippen MR) is 116 cm³/mol. The molecule has 1 fully saturated rings. The van der Waals surface area contributed by atoms with Gasteiger partial charge in [0.2, 0.25) is 10.0 Å². The average Bonchev–Trinajstić information content (AvgIpc) is 2.67. The van der Waals surface area contributed by atoms with E-state index in [2.05, 4.69) is 11.8 Å². The first-order valence-electron chi connectivity index (χ1n) is 9.67. The van der Waals surface area contributed by atoms with Gasteiger partial charge in [-0.1, -0.05) is 29.8 Å². The Morgan fingerprint density at radius 2 is 1.32 bits per heavy atom. The highest BCUT2D eigenvalue weighted by atomic mass is 35.5. The summed E-state index contributed by atoms with van der Waals surface area (Å²) in [5.41, 5.74) is 6.15. The molecule has 0 unspecified atom stereocenters. The Kier molecular flexibility index (Phi) is 6.20. The van der Waals surface area contributed by atoms with Crippen LogP contribution in [0.3, 0.4) is 0 Å². The molecule has 152 valence electrons. The number of piperazine rings is 1. The zero-order valence-corrected chi connectivity index (χ0v) is 18.9. The molecule has 6 heteroatoms. The van der Waals surface area contributed by atoms with Gasteiger partial charge in [-0.2, -0.15) is 4.31 Å². The van der Waals surface area contributed by atoms with E-state index in [9.17, 15) is 8.42 Å². The van der Waals surface area contributed by atoms with Gasteiger partial charge in [0.05, 0.1) is 4.90 Å². The Morgan fingerprint density at radius 3 is 1.86 bits per heavy atom. The molecule has 2 aromatic carbocycles. The summed E-state index contributed by atoms with van der Waals surface area (Å²) in [6.45, 7) is 13.1. The fraction of sp³-hybridized carbons (Fsp3) is 0.455. The van der Waals surface area contributed by atoms with Crippen LogP contribution in [0.4, 0.5) is 0 Å². The summed E-state index contributed by atoms with van der Waals surface area (Å²) >= 11 is 6.27. The maximum absolute atomic E-state index is 13.5. The van der Waals surface area contributed by atoms with Crippen molar-refractivity contribution in [3.63, 3.8) is 0 Å². The Balaban J connectivity index is 1.80. The Hall–Kier alpha value is -1.40. The molecule has 0 atom stereocenters. The van der Waals surface area contributed by atoms with Crippen LogP contribution in [-0.4, -0.2) is 43.8 Å². The molecular weight excluding hydrogens is 392 g/mol. The molecule has 0 saturated carbocycles. The van der Waals surface area contributed by atoms with Crippen molar-refractivity contribution in [3.05, 3.63) is 62.7 Å². The molecule has 0 N–H and O–H groups in total. The van der Waals surface area contributed by atoms with Gasteiger partial charge in [-0.05, 0) is 74.1 Å². The van der Waals surface area contributed by atoms with Crippen molar-refractivity contribution < 1.29 is 8.42 Å². The lowest BCUT2D eigenvalue weighted by Crippen LogP contribution is -2.48. The monoisotopic (exact) mass is 420 g/mol. The minimum absolute atomic E-state index is 0.493. The summed E-state index contributed by atoms with van der Waals surface area (Å²) in [4.78, 5) is 2.76. The molecule has 0 aromatic heterocycles. The summed E-state index contributed by atoms with van der Waals surface area (Å²) in [5, 5.41) is 0.759. The van der Waals surface area contributed by atoms with Crippen LogP contribution >= 0.6 is 11.6 Å². The maximum Gasteiger partial charge on any atom is 0.243 e. The molecule has 0 aliphatic carbocycles. The number of hydrogen-bond acceptors (Lipinski definition) is 3. The van der Waals surface area contributed by atoms with Crippen molar-refractivity contribution in [2.24, 2.45) is 0 Å². The molecule has 1 aliphatic heterocycles. The van der Waals surface area contributed by atoms with Crippen LogP contribution < -0.4 is 0 Å². The van der Waals surface area contributed by atoms with Gasteiger partial charge in [0.15, 0.2) is 0 Å². The second-order valence-electron chi connectivity index (χ2n) is 7.73. The van der Waals surface area contributed by atoms with Gasteiger partial charge in [0.1, 0.15) is 0 Å². The van der Waals surface area contributed by atoms with Crippen molar-refractivity contribution >= 4 is 21.6 Å². The topological polar surface area (TPSA) is 40.6 Å². The van der Waals surface area contributed by atoms with E-state index >= 15 is 0 Å². The Bertz CT molecular complexity index is 965. The molecule has 1 saturated heterocycles. The summed E-state index contributed by atoms with van der Waals surface area (Å²) in [7, 11) is -3.51. The molecule has 3 rings (SSSR count). The van der Waals surface area contributed by atoms with E-state index in [1.807, 2.05) is 52.0 Å². The van der Waals surface area contributed by atoms with Crippen LogP contribution in [-0.2, 0) is 16.6 Å². The van der Waals surface area contributed by atoms with E-state index in [0.29, 0.717) is 31.1 Å². The first-order chi connectivity index (χ1) is 13.1. The van der Waals surface area contributed by atoms with E-state index in [1.54, 1.807) is 4.31 Å². The highest BCUT2D eigenvalue weighted by Gasteiger charge is 2.32. The van der Waals surface area contributed by atoms with Crippen LogP contribution in [0.2, 0.25) is 5.02 Å². The van der Waals surface area contributed by atoms with Crippen molar-refractivity contribution in [1.29, 1.82) is 0 Å². The third-order valence-corrected chi connectivity index (χ3v) is 8.75.